The molecule has 7 rings (SSSR count). The minimum absolute atomic E-state index is 0.0103. The Morgan fingerprint density at radius 2 is 1.74 bits per heavy atom. The summed E-state index contributed by atoms with van der Waals surface area (Å²) in [4.78, 5) is 36.7. The lowest BCUT2D eigenvalue weighted by atomic mass is 9.58. The Kier molecular flexibility index (Phi) is 6.66. The Balaban J connectivity index is 1.17. The maximum atomic E-state index is 12.8. The number of nitrogens with one attached hydrogen (secondary N) is 1. The van der Waals surface area contributed by atoms with Crippen molar-refractivity contribution in [3.8, 4) is 5.75 Å². The van der Waals surface area contributed by atoms with Crippen molar-refractivity contribution in [2.45, 2.75) is 76.5 Å². The highest BCUT2D eigenvalue weighted by molar-refractivity contribution is 5.96. The second-order valence-electron chi connectivity index (χ2n) is 11.6. The molecular formula is C30H35NO8. The molecule has 0 unspecified atom stereocenters. The van der Waals surface area contributed by atoms with Gasteiger partial charge in [0.1, 0.15) is 5.75 Å². The number of fused-ring (bicyclic) bond motifs is 2. The molecule has 9 nitrogen and oxygen atoms in total. The lowest BCUT2D eigenvalue weighted by Crippen LogP contribution is -2.70. The summed E-state index contributed by atoms with van der Waals surface area (Å²) in [5.41, 5.74) is 0.165. The molecule has 39 heavy (non-hydrogen) atoms. The van der Waals surface area contributed by atoms with Gasteiger partial charge in [-0.05, 0) is 67.9 Å². The second kappa shape index (κ2) is 9.89. The van der Waals surface area contributed by atoms with Gasteiger partial charge in [0, 0.05) is 23.8 Å². The molecule has 2 aromatic rings. The van der Waals surface area contributed by atoms with Crippen molar-refractivity contribution in [1.29, 1.82) is 0 Å². The third-order valence-electron chi connectivity index (χ3n) is 9.12. The molecule has 1 aliphatic carbocycles. The second-order valence-corrected chi connectivity index (χ2v) is 11.6. The molecule has 2 bridgehead atoms. The molecule has 0 radical (unpaired) electrons. The van der Waals surface area contributed by atoms with Crippen molar-refractivity contribution in [3.63, 3.8) is 0 Å². The quantitative estimate of drug-likeness (QED) is 0.504. The zero-order valence-corrected chi connectivity index (χ0v) is 22.4. The first-order valence-corrected chi connectivity index (χ1v) is 13.8. The summed E-state index contributed by atoms with van der Waals surface area (Å²) in [7, 11) is 0. The summed E-state index contributed by atoms with van der Waals surface area (Å²) in [6, 6.07) is 14.1. The largest absolute Gasteiger partial charge is 0.479 e. The molecule has 2 N–H and O–H groups in total. The first-order valence-electron chi connectivity index (χ1n) is 13.8. The normalized spacial score (nSPS) is 37.7. The van der Waals surface area contributed by atoms with Gasteiger partial charge in [0.25, 0.3) is 5.91 Å². The predicted octanol–water partition coefficient (Wildman–Crippen LogP) is 4.83. The van der Waals surface area contributed by atoms with Crippen LogP contribution in [-0.4, -0.2) is 41.0 Å². The first-order chi connectivity index (χ1) is 18.7. The summed E-state index contributed by atoms with van der Waals surface area (Å²) in [5, 5.41) is 12.2. The Morgan fingerprint density at radius 3 is 2.46 bits per heavy atom. The average molecular weight is 538 g/mol. The van der Waals surface area contributed by atoms with Gasteiger partial charge in [-0.2, -0.15) is 0 Å². The molecule has 1 amide bonds. The van der Waals surface area contributed by atoms with Gasteiger partial charge in [0.15, 0.2) is 17.9 Å². The van der Waals surface area contributed by atoms with E-state index in [1.165, 1.54) is 0 Å². The number of carboxylic acids is 1. The zero-order chi connectivity index (χ0) is 27.4. The third-order valence-corrected chi connectivity index (χ3v) is 9.12. The van der Waals surface area contributed by atoms with E-state index in [1.807, 2.05) is 6.92 Å². The molecule has 4 saturated heterocycles. The number of hydrogen-bond acceptors (Lipinski definition) is 7. The van der Waals surface area contributed by atoms with Crippen molar-refractivity contribution in [2.75, 3.05) is 0 Å². The van der Waals surface area contributed by atoms with E-state index in [-0.39, 0.29) is 17.8 Å². The van der Waals surface area contributed by atoms with Crippen molar-refractivity contribution < 1.29 is 38.7 Å². The fourth-order valence-corrected chi connectivity index (χ4v) is 6.97. The lowest BCUT2D eigenvalue weighted by Gasteiger charge is -2.60. The van der Waals surface area contributed by atoms with Crippen LogP contribution in [0.2, 0.25) is 0 Å². The minimum atomic E-state index is -1.15. The standard InChI is InChI=1S/C30H35NO8/c1-17-9-14-23-18(2)27(36-28-30(23)22(17)15-16-29(3,37-28)38-39-30)35-21-12-10-20(11-13-21)25(32)31-24(26(33)34)19-7-5-4-6-8-19/h4-8,10-13,17-18,22-24,27-28H,9,14-16H2,1-3H3,(H,31,32)(H,33,34)/t17-,18-,22+,23+,24+,27+,28-,29-,30-/m1/s1. The Labute approximate surface area is 227 Å². The van der Waals surface area contributed by atoms with Gasteiger partial charge in [-0.25, -0.2) is 14.6 Å². The lowest BCUT2D eigenvalue weighted by molar-refractivity contribution is -0.575. The molecule has 4 heterocycles. The number of benzene rings is 2. The van der Waals surface area contributed by atoms with E-state index < -0.39 is 41.9 Å². The SMILES string of the molecule is C[C@H]1[C@@H](Oc2ccc(C(=O)N[C@H](C(=O)O)c3ccccc3)cc2)O[C@@H]2O[C@@]3(C)CC[C@H]4[C@H](C)CC[C@@H]1[C@@]24OO3. The van der Waals surface area contributed by atoms with Gasteiger partial charge in [-0.1, -0.05) is 44.2 Å². The summed E-state index contributed by atoms with van der Waals surface area (Å²) >= 11 is 0. The van der Waals surface area contributed by atoms with Crippen LogP contribution in [0.5, 0.6) is 5.75 Å². The molecule has 208 valence electrons. The highest BCUT2D eigenvalue weighted by Crippen LogP contribution is 2.60. The first kappa shape index (κ1) is 26.3. The molecule has 2 aromatic carbocycles. The average Bonchev–Trinajstić information content (AvgIpc) is 3.16. The summed E-state index contributed by atoms with van der Waals surface area (Å²) in [6.07, 6.45) is 2.60. The van der Waals surface area contributed by atoms with E-state index in [0.717, 1.165) is 25.7 Å². The van der Waals surface area contributed by atoms with Crippen LogP contribution >= 0.6 is 0 Å². The number of carbonyl (C=O) groups excluding carboxylic acids is 1. The van der Waals surface area contributed by atoms with E-state index in [9.17, 15) is 14.7 Å². The molecule has 9 heteroatoms. The molecule has 4 aliphatic heterocycles. The summed E-state index contributed by atoms with van der Waals surface area (Å²) in [5.74, 6) is -1.03. The van der Waals surface area contributed by atoms with E-state index in [4.69, 9.17) is 24.0 Å². The van der Waals surface area contributed by atoms with Gasteiger partial charge in [0.2, 0.25) is 12.1 Å². The fourth-order valence-electron chi connectivity index (χ4n) is 6.97. The van der Waals surface area contributed by atoms with Gasteiger partial charge in [-0.15, -0.1) is 0 Å². The fraction of sp³-hybridized carbons (Fsp3) is 0.533. The van der Waals surface area contributed by atoms with Gasteiger partial charge in [-0.3, -0.25) is 4.79 Å². The van der Waals surface area contributed by atoms with E-state index in [1.54, 1.807) is 54.6 Å². The van der Waals surface area contributed by atoms with Crippen LogP contribution in [0.1, 0.15) is 68.4 Å². The number of amides is 1. The van der Waals surface area contributed by atoms with E-state index >= 15 is 0 Å². The van der Waals surface area contributed by atoms with E-state index in [0.29, 0.717) is 22.8 Å². The Morgan fingerprint density at radius 1 is 1.00 bits per heavy atom. The molecular weight excluding hydrogens is 502 g/mol. The summed E-state index contributed by atoms with van der Waals surface area (Å²) in [6.45, 7) is 6.29. The van der Waals surface area contributed by atoms with Crippen molar-refractivity contribution in [2.24, 2.45) is 23.7 Å². The molecule has 5 aliphatic rings. The van der Waals surface area contributed by atoms with Crippen LogP contribution in [0.25, 0.3) is 0 Å². The number of ether oxygens (including phenoxy) is 3. The van der Waals surface area contributed by atoms with Crippen LogP contribution in [0.15, 0.2) is 54.6 Å². The van der Waals surface area contributed by atoms with Crippen LogP contribution in [0, 0.1) is 23.7 Å². The van der Waals surface area contributed by atoms with Crippen molar-refractivity contribution in [1.82, 2.24) is 5.32 Å². The predicted molar refractivity (Wildman–Crippen MR) is 138 cm³/mol. The monoisotopic (exact) mass is 537 g/mol. The minimum Gasteiger partial charge on any atom is -0.479 e. The topological polar surface area (TPSA) is 113 Å². The summed E-state index contributed by atoms with van der Waals surface area (Å²) < 4.78 is 19.2. The zero-order valence-electron chi connectivity index (χ0n) is 22.4. The molecule has 9 atom stereocenters. The smallest absolute Gasteiger partial charge is 0.330 e. The highest BCUT2D eigenvalue weighted by atomic mass is 17.3. The van der Waals surface area contributed by atoms with Crippen LogP contribution in [-0.2, 0) is 24.0 Å². The maximum absolute atomic E-state index is 12.8. The van der Waals surface area contributed by atoms with E-state index in [2.05, 4.69) is 19.2 Å². The molecule has 5 fully saturated rings. The molecule has 1 saturated carbocycles. The van der Waals surface area contributed by atoms with Crippen molar-refractivity contribution in [3.05, 3.63) is 65.7 Å². The number of hydrogen-bond donors (Lipinski definition) is 2. The highest BCUT2D eigenvalue weighted by Gasteiger charge is 2.69. The van der Waals surface area contributed by atoms with Gasteiger partial charge >= 0.3 is 5.97 Å². The third kappa shape index (κ3) is 4.51. The number of carbonyl (C=O) groups is 2. The molecule has 0 aromatic heterocycles. The molecule has 1 spiro atoms. The Bertz CT molecular complexity index is 1220. The maximum Gasteiger partial charge on any atom is 0.330 e. The number of carboxylic acid groups (broad SMARTS) is 1. The van der Waals surface area contributed by atoms with Crippen LogP contribution in [0.4, 0.5) is 0 Å². The Hall–Kier alpha value is -2.98. The number of rotatable bonds is 6. The number of aliphatic carboxylic acids is 1. The van der Waals surface area contributed by atoms with Crippen LogP contribution < -0.4 is 10.1 Å². The van der Waals surface area contributed by atoms with Crippen molar-refractivity contribution >= 4 is 11.9 Å². The van der Waals surface area contributed by atoms with Crippen LogP contribution in [0.3, 0.4) is 0 Å². The van der Waals surface area contributed by atoms with Gasteiger partial charge in [0.05, 0.1) is 0 Å². The van der Waals surface area contributed by atoms with Gasteiger partial charge < -0.3 is 24.6 Å².